The maximum Gasteiger partial charge on any atom is 0.115 e. The SMILES string of the molecule is [B]c1c([B])c([B])c(N(c2ccccc2)c2ccc3c(c2)C2(c4ccccc4-c4ccc(N(c5ccccc5)c5ccc6c(c5)C(C)(C)c5ccccc5-6)cc42)c2ccccc2-3)c([B])c1[B]. The molecule has 294 valence electrons. The highest BCUT2D eigenvalue weighted by Gasteiger charge is 2.52. The normalized spacial score (nSPS) is 15.4. The van der Waals surface area contributed by atoms with Crippen molar-refractivity contribution < 1.29 is 0 Å². The van der Waals surface area contributed by atoms with Crippen LogP contribution in [0.15, 0.2) is 188 Å². The Balaban J connectivity index is 1.11. The molecule has 1 atom stereocenters. The quantitative estimate of drug-likeness (QED) is 0.155. The van der Waals surface area contributed by atoms with Crippen LogP contribution >= 0.6 is 0 Å². The first-order valence-electron chi connectivity index (χ1n) is 22.1. The summed E-state index contributed by atoms with van der Waals surface area (Å²) < 4.78 is 0. The Morgan fingerprint density at radius 1 is 0.292 bits per heavy atom. The largest absolute Gasteiger partial charge is 0.312 e. The molecule has 3 aliphatic carbocycles. The minimum absolute atomic E-state index is 0.157. The predicted octanol–water partition coefficient (Wildman–Crippen LogP) is 9.25. The molecule has 0 bridgehead atoms. The Morgan fingerprint density at radius 2 is 0.631 bits per heavy atom. The molecule has 0 aromatic heterocycles. The van der Waals surface area contributed by atoms with Crippen LogP contribution in [0.1, 0.15) is 47.2 Å². The van der Waals surface area contributed by atoms with Gasteiger partial charge in [-0.1, -0.05) is 152 Å². The average molecular weight is 816 g/mol. The fourth-order valence-corrected chi connectivity index (χ4v) is 11.3. The van der Waals surface area contributed by atoms with Crippen LogP contribution in [-0.4, -0.2) is 39.2 Å². The van der Waals surface area contributed by atoms with Crippen LogP contribution in [0.2, 0.25) is 0 Å². The molecule has 7 heteroatoms. The van der Waals surface area contributed by atoms with Gasteiger partial charge in [-0.15, -0.1) is 16.4 Å². The highest BCUT2D eigenvalue weighted by Crippen LogP contribution is 2.64. The summed E-state index contributed by atoms with van der Waals surface area (Å²) in [7, 11) is 33.2. The maximum atomic E-state index is 6.87. The van der Waals surface area contributed by atoms with E-state index in [9.17, 15) is 0 Å². The van der Waals surface area contributed by atoms with E-state index in [0.29, 0.717) is 5.69 Å². The van der Waals surface area contributed by atoms with Crippen molar-refractivity contribution >= 4 is 101 Å². The van der Waals surface area contributed by atoms with E-state index in [-0.39, 0.29) is 32.7 Å². The van der Waals surface area contributed by atoms with Gasteiger partial charge in [0.15, 0.2) is 0 Å². The fraction of sp³-hybridized carbons (Fsp3) is 0.0690. The van der Waals surface area contributed by atoms with Crippen molar-refractivity contribution in [2.45, 2.75) is 24.7 Å². The van der Waals surface area contributed by atoms with Crippen molar-refractivity contribution in [1.29, 1.82) is 0 Å². The van der Waals surface area contributed by atoms with Crippen LogP contribution < -0.4 is 37.1 Å². The molecule has 65 heavy (non-hydrogen) atoms. The van der Waals surface area contributed by atoms with Gasteiger partial charge in [-0.25, -0.2) is 0 Å². The third-order valence-electron chi connectivity index (χ3n) is 14.3. The number of nitrogens with zero attached hydrogens (tertiary/aromatic N) is 2. The van der Waals surface area contributed by atoms with E-state index in [1.165, 1.54) is 55.6 Å². The van der Waals surface area contributed by atoms with Crippen molar-refractivity contribution in [3.63, 3.8) is 0 Å². The van der Waals surface area contributed by atoms with Gasteiger partial charge in [-0.05, 0) is 127 Å². The number of hydrogen-bond donors (Lipinski definition) is 0. The zero-order chi connectivity index (χ0) is 44.4. The van der Waals surface area contributed by atoms with Gasteiger partial charge in [0.1, 0.15) is 39.2 Å². The van der Waals surface area contributed by atoms with E-state index in [4.69, 9.17) is 39.2 Å². The van der Waals surface area contributed by atoms with Crippen LogP contribution in [0.5, 0.6) is 0 Å². The number of fused-ring (bicyclic) bond motifs is 13. The highest BCUT2D eigenvalue weighted by molar-refractivity contribution is 6.69. The summed E-state index contributed by atoms with van der Waals surface area (Å²) in [5.41, 5.74) is 20.5. The molecule has 0 amide bonds. The molecule has 0 saturated carbocycles. The van der Waals surface area contributed by atoms with E-state index < -0.39 is 5.41 Å². The zero-order valence-electron chi connectivity index (χ0n) is 36.2. The second-order valence-electron chi connectivity index (χ2n) is 18.0. The summed E-state index contributed by atoms with van der Waals surface area (Å²) in [4.78, 5) is 4.46. The number of rotatable bonds is 6. The fourth-order valence-electron chi connectivity index (χ4n) is 11.3. The summed E-state index contributed by atoms with van der Waals surface area (Å²) in [5.74, 6) is 0. The molecule has 10 radical (unpaired) electrons. The lowest BCUT2D eigenvalue weighted by molar-refractivity contribution is 0.660. The Bertz CT molecular complexity index is 3400. The van der Waals surface area contributed by atoms with Gasteiger partial charge >= 0.3 is 0 Å². The summed E-state index contributed by atoms with van der Waals surface area (Å²) in [5, 5.41) is 0. The van der Waals surface area contributed by atoms with E-state index in [0.717, 1.165) is 39.6 Å². The van der Waals surface area contributed by atoms with Gasteiger partial charge in [0.2, 0.25) is 0 Å². The molecule has 0 fully saturated rings. The Labute approximate surface area is 388 Å². The van der Waals surface area contributed by atoms with Crippen molar-refractivity contribution in [2.24, 2.45) is 0 Å². The third kappa shape index (κ3) is 5.48. The molecule has 0 heterocycles. The molecule has 3 aliphatic rings. The van der Waals surface area contributed by atoms with Gasteiger partial charge in [0, 0.05) is 39.5 Å². The minimum atomic E-state index is -0.688. The van der Waals surface area contributed by atoms with Gasteiger partial charge in [-0.2, -0.15) is 0 Å². The third-order valence-corrected chi connectivity index (χ3v) is 14.3. The molecule has 1 spiro atoms. The van der Waals surface area contributed by atoms with Crippen molar-refractivity contribution in [2.75, 3.05) is 9.80 Å². The summed E-state index contributed by atoms with van der Waals surface area (Å²) in [6, 6.07) is 68.0. The molecule has 1 unspecified atom stereocenters. The molecule has 0 N–H and O–H groups in total. The predicted molar refractivity (Wildman–Crippen MR) is 277 cm³/mol. The first-order chi connectivity index (χ1) is 31.6. The Kier molecular flexibility index (Phi) is 8.79. The lowest BCUT2D eigenvalue weighted by atomic mass is 9.61. The molecule has 0 saturated heterocycles. The van der Waals surface area contributed by atoms with Crippen molar-refractivity contribution in [1.82, 2.24) is 0 Å². The second-order valence-corrected chi connectivity index (χ2v) is 18.0. The second kappa shape index (κ2) is 14.5. The first kappa shape index (κ1) is 39.5. The van der Waals surface area contributed by atoms with Crippen molar-refractivity contribution in [3.05, 3.63) is 221 Å². The van der Waals surface area contributed by atoms with Crippen LogP contribution in [0, 0.1) is 0 Å². The monoisotopic (exact) mass is 816 g/mol. The summed E-state index contributed by atoms with van der Waals surface area (Å²) >= 11 is 0. The first-order valence-corrected chi connectivity index (χ1v) is 22.1. The smallest absolute Gasteiger partial charge is 0.115 e. The zero-order valence-corrected chi connectivity index (χ0v) is 36.2. The van der Waals surface area contributed by atoms with Gasteiger partial charge in [-0.3, -0.25) is 0 Å². The maximum absolute atomic E-state index is 6.87. The summed E-state index contributed by atoms with van der Waals surface area (Å²) in [6.45, 7) is 4.68. The lowest BCUT2D eigenvalue weighted by Gasteiger charge is -2.35. The number of para-hydroxylation sites is 2. The van der Waals surface area contributed by atoms with Gasteiger partial charge < -0.3 is 9.80 Å². The standard InChI is InChI=1S/C58H37B5N2/c1-57(2)45-22-12-9-19-39(45)42-28-25-36(31-48(42)57)64(34-15-5-3-6-16-34)37-26-29-43-40-20-10-13-23-46(40)58(49(43)32-37)47-24-14-11-21-41(47)44-30-27-38(33-50(44)58)65(35-17-7-4-8-18-35)56-54(62)52(60)51(59)53(61)55(56)63/h3-33H,1-2H3. The molecular formula is C58H37B5N2. The van der Waals surface area contributed by atoms with Crippen LogP contribution in [-0.2, 0) is 10.8 Å². The summed E-state index contributed by atoms with van der Waals surface area (Å²) in [6.07, 6.45) is 0. The Hall–Kier alpha value is -7.10. The number of hydrogen-bond acceptors (Lipinski definition) is 2. The van der Waals surface area contributed by atoms with E-state index in [1.54, 1.807) is 0 Å². The van der Waals surface area contributed by atoms with E-state index in [2.05, 4.69) is 181 Å². The highest BCUT2D eigenvalue weighted by atomic mass is 15.2. The molecule has 9 aromatic carbocycles. The number of benzene rings is 9. The average Bonchev–Trinajstić information content (AvgIpc) is 3.90. The van der Waals surface area contributed by atoms with Crippen LogP contribution in [0.3, 0.4) is 0 Å². The van der Waals surface area contributed by atoms with E-state index in [1.807, 2.05) is 30.3 Å². The van der Waals surface area contributed by atoms with Crippen LogP contribution in [0.25, 0.3) is 33.4 Å². The molecule has 2 nitrogen and oxygen atoms in total. The molecule has 0 aliphatic heterocycles. The lowest BCUT2D eigenvalue weighted by Crippen LogP contribution is -2.56. The topological polar surface area (TPSA) is 6.48 Å². The van der Waals surface area contributed by atoms with E-state index >= 15 is 0 Å². The molecule has 9 aromatic rings. The van der Waals surface area contributed by atoms with Crippen LogP contribution in [0.4, 0.5) is 34.1 Å². The van der Waals surface area contributed by atoms with Gasteiger partial charge in [0.05, 0.1) is 5.41 Å². The molecule has 12 rings (SSSR count). The molecular weight excluding hydrogens is 779 g/mol. The Morgan fingerprint density at radius 3 is 1.12 bits per heavy atom. The van der Waals surface area contributed by atoms with Gasteiger partial charge in [0.25, 0.3) is 0 Å². The van der Waals surface area contributed by atoms with Crippen molar-refractivity contribution in [3.8, 4) is 33.4 Å². The minimum Gasteiger partial charge on any atom is -0.312 e. The number of anilines is 6.